The molecule has 1 heterocycles. The summed E-state index contributed by atoms with van der Waals surface area (Å²) in [5.41, 5.74) is 0.969. The van der Waals surface area contributed by atoms with E-state index in [1.165, 1.54) is 11.5 Å². The lowest BCUT2D eigenvalue weighted by Gasteiger charge is -1.94. The summed E-state index contributed by atoms with van der Waals surface area (Å²) in [5, 5.41) is 1.68. The van der Waals surface area contributed by atoms with E-state index >= 15 is 0 Å². The maximum atomic E-state index is 5.85. The molecular formula is C9H7ClN2S. The highest BCUT2D eigenvalue weighted by Crippen LogP contribution is 2.20. The minimum Gasteiger partial charge on any atom is -0.220 e. The molecule has 66 valence electrons. The van der Waals surface area contributed by atoms with E-state index in [0.717, 1.165) is 16.4 Å². The second-order valence-electron chi connectivity index (χ2n) is 2.65. The van der Waals surface area contributed by atoms with Crippen molar-refractivity contribution in [2.75, 3.05) is 0 Å². The van der Waals surface area contributed by atoms with E-state index in [2.05, 4.69) is 9.36 Å². The summed E-state index contributed by atoms with van der Waals surface area (Å²) in [6, 6.07) is 7.55. The fourth-order valence-corrected chi connectivity index (χ4v) is 1.73. The third-order valence-corrected chi connectivity index (χ3v) is 2.47. The maximum Gasteiger partial charge on any atom is 0.173 e. The first kappa shape index (κ1) is 8.66. The molecule has 1 aromatic heterocycles. The normalized spacial score (nSPS) is 10.3. The Morgan fingerprint density at radius 3 is 2.85 bits per heavy atom. The van der Waals surface area contributed by atoms with Gasteiger partial charge in [0.15, 0.2) is 5.82 Å². The molecule has 2 rings (SSSR count). The van der Waals surface area contributed by atoms with Gasteiger partial charge in [0, 0.05) is 10.6 Å². The van der Waals surface area contributed by atoms with E-state index < -0.39 is 0 Å². The number of rotatable bonds is 1. The summed E-state index contributed by atoms with van der Waals surface area (Å²) in [7, 11) is 0. The predicted molar refractivity (Wildman–Crippen MR) is 55.1 cm³/mol. The van der Waals surface area contributed by atoms with Crippen LogP contribution >= 0.6 is 23.1 Å². The lowest BCUT2D eigenvalue weighted by Crippen LogP contribution is -1.79. The van der Waals surface area contributed by atoms with E-state index in [1.807, 2.05) is 31.2 Å². The van der Waals surface area contributed by atoms with Gasteiger partial charge < -0.3 is 0 Å². The van der Waals surface area contributed by atoms with Crippen LogP contribution in [0.2, 0.25) is 5.02 Å². The third-order valence-electron chi connectivity index (χ3n) is 1.61. The molecule has 0 spiro atoms. The van der Waals surface area contributed by atoms with Gasteiger partial charge in [-0.1, -0.05) is 23.7 Å². The topological polar surface area (TPSA) is 25.8 Å². The first-order valence-corrected chi connectivity index (χ1v) is 4.97. The molecule has 0 amide bonds. The molecule has 0 aliphatic heterocycles. The maximum absolute atomic E-state index is 5.85. The van der Waals surface area contributed by atoms with Crippen LogP contribution in [0.25, 0.3) is 11.4 Å². The van der Waals surface area contributed by atoms with Crippen molar-refractivity contribution in [3.63, 3.8) is 0 Å². The number of hydrogen-bond donors (Lipinski definition) is 0. The summed E-state index contributed by atoms with van der Waals surface area (Å²) in [4.78, 5) is 4.27. The van der Waals surface area contributed by atoms with Crippen molar-refractivity contribution in [3.8, 4) is 11.4 Å². The van der Waals surface area contributed by atoms with Crippen molar-refractivity contribution in [1.29, 1.82) is 0 Å². The second-order valence-corrected chi connectivity index (χ2v) is 4.04. The standard InChI is InChI=1S/C9H7ClN2S/c1-6-11-9(12-13-6)7-3-2-4-8(10)5-7/h2-5H,1H3. The molecular weight excluding hydrogens is 204 g/mol. The Balaban J connectivity index is 2.46. The Morgan fingerprint density at radius 2 is 2.23 bits per heavy atom. The minimum absolute atomic E-state index is 0.713. The highest BCUT2D eigenvalue weighted by molar-refractivity contribution is 7.05. The van der Waals surface area contributed by atoms with Crippen molar-refractivity contribution >= 4 is 23.1 Å². The van der Waals surface area contributed by atoms with E-state index in [-0.39, 0.29) is 0 Å². The van der Waals surface area contributed by atoms with Gasteiger partial charge in [-0.2, -0.15) is 4.37 Å². The molecule has 2 aromatic rings. The van der Waals surface area contributed by atoms with Crippen molar-refractivity contribution in [2.45, 2.75) is 6.92 Å². The molecule has 0 radical (unpaired) electrons. The van der Waals surface area contributed by atoms with Gasteiger partial charge in [0.2, 0.25) is 0 Å². The smallest absolute Gasteiger partial charge is 0.173 e. The summed E-state index contributed by atoms with van der Waals surface area (Å²) in [6.45, 7) is 1.94. The monoisotopic (exact) mass is 210 g/mol. The van der Waals surface area contributed by atoms with Gasteiger partial charge in [0.05, 0.1) is 0 Å². The number of halogens is 1. The fourth-order valence-electron chi connectivity index (χ4n) is 1.04. The van der Waals surface area contributed by atoms with Crippen LogP contribution in [0, 0.1) is 6.92 Å². The van der Waals surface area contributed by atoms with Crippen LogP contribution in [0.1, 0.15) is 5.01 Å². The molecule has 0 saturated heterocycles. The van der Waals surface area contributed by atoms with Crippen LogP contribution in [0.5, 0.6) is 0 Å². The zero-order valence-electron chi connectivity index (χ0n) is 6.99. The fraction of sp³-hybridized carbons (Fsp3) is 0.111. The molecule has 0 aliphatic carbocycles. The van der Waals surface area contributed by atoms with Crippen molar-refractivity contribution in [1.82, 2.24) is 9.36 Å². The van der Waals surface area contributed by atoms with E-state index in [9.17, 15) is 0 Å². The number of hydrogen-bond acceptors (Lipinski definition) is 3. The van der Waals surface area contributed by atoms with Gasteiger partial charge in [-0.05, 0) is 30.6 Å². The Kier molecular flexibility index (Phi) is 2.29. The van der Waals surface area contributed by atoms with Crippen molar-refractivity contribution in [3.05, 3.63) is 34.3 Å². The summed E-state index contributed by atoms with van der Waals surface area (Å²) in [5.74, 6) is 0.755. The van der Waals surface area contributed by atoms with E-state index in [1.54, 1.807) is 0 Å². The molecule has 2 nitrogen and oxygen atoms in total. The van der Waals surface area contributed by atoms with Gasteiger partial charge in [0.25, 0.3) is 0 Å². The van der Waals surface area contributed by atoms with Crippen LogP contribution in [0.3, 0.4) is 0 Å². The number of nitrogens with zero attached hydrogens (tertiary/aromatic N) is 2. The van der Waals surface area contributed by atoms with Gasteiger partial charge in [-0.3, -0.25) is 0 Å². The van der Waals surface area contributed by atoms with Crippen molar-refractivity contribution in [2.24, 2.45) is 0 Å². The number of benzene rings is 1. The first-order valence-electron chi connectivity index (χ1n) is 3.82. The highest BCUT2D eigenvalue weighted by Gasteiger charge is 2.03. The Labute approximate surface area is 85.4 Å². The van der Waals surface area contributed by atoms with Gasteiger partial charge in [0.1, 0.15) is 5.01 Å². The molecule has 1 aromatic carbocycles. The van der Waals surface area contributed by atoms with E-state index in [0.29, 0.717) is 5.02 Å². The molecule has 13 heavy (non-hydrogen) atoms. The van der Waals surface area contributed by atoms with Gasteiger partial charge in [-0.15, -0.1) is 0 Å². The van der Waals surface area contributed by atoms with Crippen LogP contribution < -0.4 is 0 Å². The van der Waals surface area contributed by atoms with Gasteiger partial charge >= 0.3 is 0 Å². The Morgan fingerprint density at radius 1 is 1.38 bits per heavy atom. The van der Waals surface area contributed by atoms with Crippen LogP contribution in [-0.4, -0.2) is 9.36 Å². The predicted octanol–water partition coefficient (Wildman–Crippen LogP) is 3.17. The van der Waals surface area contributed by atoms with Crippen LogP contribution in [0.4, 0.5) is 0 Å². The Bertz CT molecular complexity index is 425. The summed E-state index contributed by atoms with van der Waals surface area (Å²) >= 11 is 7.25. The van der Waals surface area contributed by atoms with E-state index in [4.69, 9.17) is 11.6 Å². The SMILES string of the molecule is Cc1nc(-c2cccc(Cl)c2)ns1. The summed E-state index contributed by atoms with van der Waals surface area (Å²) in [6.07, 6.45) is 0. The first-order chi connectivity index (χ1) is 6.25. The molecule has 0 aliphatic rings. The number of aromatic nitrogens is 2. The van der Waals surface area contributed by atoms with Crippen molar-refractivity contribution < 1.29 is 0 Å². The number of aryl methyl sites for hydroxylation is 1. The highest BCUT2D eigenvalue weighted by atomic mass is 35.5. The molecule has 0 atom stereocenters. The minimum atomic E-state index is 0.713. The molecule has 0 saturated carbocycles. The zero-order chi connectivity index (χ0) is 9.26. The molecule has 4 heteroatoms. The quantitative estimate of drug-likeness (QED) is 0.723. The molecule has 0 bridgehead atoms. The largest absolute Gasteiger partial charge is 0.220 e. The second kappa shape index (κ2) is 3.44. The molecule has 0 unspecified atom stereocenters. The lowest BCUT2D eigenvalue weighted by atomic mass is 10.2. The lowest BCUT2D eigenvalue weighted by molar-refractivity contribution is 1.26. The van der Waals surface area contributed by atoms with Gasteiger partial charge in [-0.25, -0.2) is 4.98 Å². The zero-order valence-corrected chi connectivity index (χ0v) is 8.56. The van der Waals surface area contributed by atoms with Crippen LogP contribution in [0.15, 0.2) is 24.3 Å². The third kappa shape index (κ3) is 1.87. The molecule has 0 fully saturated rings. The summed E-state index contributed by atoms with van der Waals surface area (Å²) < 4.78 is 4.20. The molecule has 0 N–H and O–H groups in total. The average molecular weight is 211 g/mol. The van der Waals surface area contributed by atoms with Crippen LogP contribution in [-0.2, 0) is 0 Å². The average Bonchev–Trinajstić information content (AvgIpc) is 2.52. The Hall–Kier alpha value is -0.930.